The Morgan fingerprint density at radius 1 is 1.11 bits per heavy atom. The van der Waals surface area contributed by atoms with Crippen LogP contribution in [0.25, 0.3) is 0 Å². The molecule has 2 N–H and O–H groups in total. The second-order valence-corrected chi connectivity index (χ2v) is 4.58. The molecule has 0 aliphatic heterocycles. The Balaban J connectivity index is 2.30. The molecule has 19 heavy (non-hydrogen) atoms. The van der Waals surface area contributed by atoms with E-state index in [-0.39, 0.29) is 11.8 Å². The first-order valence-electron chi connectivity index (χ1n) is 6.30. The van der Waals surface area contributed by atoms with Crippen molar-refractivity contribution < 1.29 is 9.59 Å². The van der Waals surface area contributed by atoms with E-state index in [9.17, 15) is 9.59 Å². The fourth-order valence-electron chi connectivity index (χ4n) is 1.57. The van der Waals surface area contributed by atoms with E-state index >= 15 is 0 Å². The van der Waals surface area contributed by atoms with Gasteiger partial charge in [-0.05, 0) is 30.7 Å². The SMILES string of the molecule is CC(=O)Nc1ccc(NCCCC(=O)N(C)C)cc1. The Bertz CT molecular complexity index is 427. The van der Waals surface area contributed by atoms with Gasteiger partial charge in [-0.3, -0.25) is 9.59 Å². The molecule has 1 aromatic carbocycles. The molecular weight excluding hydrogens is 242 g/mol. The lowest BCUT2D eigenvalue weighted by molar-refractivity contribution is -0.128. The molecule has 0 atom stereocenters. The van der Waals surface area contributed by atoms with Crippen molar-refractivity contribution in [2.45, 2.75) is 19.8 Å². The molecule has 104 valence electrons. The van der Waals surface area contributed by atoms with E-state index < -0.39 is 0 Å². The summed E-state index contributed by atoms with van der Waals surface area (Å²) >= 11 is 0. The van der Waals surface area contributed by atoms with Gasteiger partial charge in [0, 0.05) is 45.4 Å². The second kappa shape index (κ2) is 7.41. The summed E-state index contributed by atoms with van der Waals surface area (Å²) in [5.41, 5.74) is 1.76. The van der Waals surface area contributed by atoms with Crippen molar-refractivity contribution in [1.29, 1.82) is 0 Å². The van der Waals surface area contributed by atoms with Crippen molar-refractivity contribution in [1.82, 2.24) is 4.90 Å². The van der Waals surface area contributed by atoms with Crippen LogP contribution in [0.5, 0.6) is 0 Å². The number of hydrogen-bond acceptors (Lipinski definition) is 3. The van der Waals surface area contributed by atoms with E-state index in [1.807, 2.05) is 24.3 Å². The van der Waals surface area contributed by atoms with Gasteiger partial charge in [-0.25, -0.2) is 0 Å². The standard InChI is InChI=1S/C14H21N3O2/c1-11(18)16-13-8-6-12(7-9-13)15-10-4-5-14(19)17(2)3/h6-9,15H,4-5,10H2,1-3H3,(H,16,18). The summed E-state index contributed by atoms with van der Waals surface area (Å²) in [5, 5.41) is 5.95. The Labute approximate surface area is 114 Å². The van der Waals surface area contributed by atoms with Crippen LogP contribution < -0.4 is 10.6 Å². The van der Waals surface area contributed by atoms with E-state index in [2.05, 4.69) is 10.6 Å². The first-order valence-corrected chi connectivity index (χ1v) is 6.30. The van der Waals surface area contributed by atoms with Crippen LogP contribution >= 0.6 is 0 Å². The smallest absolute Gasteiger partial charge is 0.222 e. The lowest BCUT2D eigenvalue weighted by atomic mass is 10.2. The minimum Gasteiger partial charge on any atom is -0.385 e. The predicted molar refractivity (Wildman–Crippen MR) is 77.2 cm³/mol. The molecule has 0 aliphatic rings. The number of hydrogen-bond donors (Lipinski definition) is 2. The average molecular weight is 263 g/mol. The van der Waals surface area contributed by atoms with E-state index in [0.29, 0.717) is 6.42 Å². The fraction of sp³-hybridized carbons (Fsp3) is 0.429. The summed E-state index contributed by atoms with van der Waals surface area (Å²) in [4.78, 5) is 23.8. The van der Waals surface area contributed by atoms with Crippen LogP contribution in [0.1, 0.15) is 19.8 Å². The molecule has 0 aromatic heterocycles. The van der Waals surface area contributed by atoms with Crippen LogP contribution in [0.3, 0.4) is 0 Å². The molecule has 0 radical (unpaired) electrons. The normalized spacial score (nSPS) is 9.84. The first-order chi connectivity index (χ1) is 8.99. The third-order valence-corrected chi connectivity index (χ3v) is 2.60. The largest absolute Gasteiger partial charge is 0.385 e. The molecule has 0 heterocycles. The van der Waals surface area contributed by atoms with Crippen molar-refractivity contribution in [3.8, 4) is 0 Å². The van der Waals surface area contributed by atoms with Gasteiger partial charge in [0.05, 0.1) is 0 Å². The number of anilines is 2. The third kappa shape index (κ3) is 5.90. The van der Waals surface area contributed by atoms with E-state index in [0.717, 1.165) is 24.3 Å². The summed E-state index contributed by atoms with van der Waals surface area (Å²) < 4.78 is 0. The summed E-state index contributed by atoms with van der Waals surface area (Å²) in [6.07, 6.45) is 1.34. The van der Waals surface area contributed by atoms with Crippen molar-refractivity contribution in [2.75, 3.05) is 31.3 Å². The van der Waals surface area contributed by atoms with Gasteiger partial charge in [-0.1, -0.05) is 0 Å². The maximum atomic E-state index is 11.4. The quantitative estimate of drug-likeness (QED) is 0.771. The van der Waals surface area contributed by atoms with Crippen molar-refractivity contribution >= 4 is 23.2 Å². The molecule has 5 heteroatoms. The summed E-state index contributed by atoms with van der Waals surface area (Å²) in [6, 6.07) is 7.49. The van der Waals surface area contributed by atoms with Crippen LogP contribution in [0.4, 0.5) is 11.4 Å². The zero-order valence-electron chi connectivity index (χ0n) is 11.7. The van der Waals surface area contributed by atoms with Gasteiger partial charge in [0.25, 0.3) is 0 Å². The number of benzene rings is 1. The lowest BCUT2D eigenvalue weighted by Gasteiger charge is -2.11. The van der Waals surface area contributed by atoms with Crippen molar-refractivity contribution in [3.05, 3.63) is 24.3 Å². The van der Waals surface area contributed by atoms with Crippen LogP contribution in [-0.2, 0) is 9.59 Å². The highest BCUT2D eigenvalue weighted by molar-refractivity contribution is 5.88. The van der Waals surface area contributed by atoms with Gasteiger partial charge in [-0.2, -0.15) is 0 Å². The molecule has 5 nitrogen and oxygen atoms in total. The van der Waals surface area contributed by atoms with Gasteiger partial charge in [-0.15, -0.1) is 0 Å². The Morgan fingerprint density at radius 2 is 1.68 bits per heavy atom. The predicted octanol–water partition coefficient (Wildman–Crippen LogP) is 1.93. The van der Waals surface area contributed by atoms with Gasteiger partial charge in [0.2, 0.25) is 11.8 Å². The molecule has 0 bridgehead atoms. The highest BCUT2D eigenvalue weighted by Crippen LogP contribution is 2.13. The number of carbonyl (C=O) groups is 2. The van der Waals surface area contributed by atoms with Gasteiger partial charge < -0.3 is 15.5 Å². The Kier molecular flexibility index (Phi) is 5.85. The minimum atomic E-state index is -0.0806. The number of rotatable bonds is 6. The van der Waals surface area contributed by atoms with E-state index in [1.54, 1.807) is 19.0 Å². The zero-order valence-corrected chi connectivity index (χ0v) is 11.7. The average Bonchev–Trinajstić information content (AvgIpc) is 2.35. The van der Waals surface area contributed by atoms with E-state index in [1.165, 1.54) is 6.92 Å². The highest BCUT2D eigenvalue weighted by Gasteiger charge is 2.02. The third-order valence-electron chi connectivity index (χ3n) is 2.60. The van der Waals surface area contributed by atoms with Gasteiger partial charge in [0.1, 0.15) is 0 Å². The number of amides is 2. The molecule has 0 saturated carbocycles. The minimum absolute atomic E-state index is 0.0806. The number of carbonyl (C=O) groups excluding carboxylic acids is 2. The van der Waals surface area contributed by atoms with E-state index in [4.69, 9.17) is 0 Å². The van der Waals surface area contributed by atoms with Crippen LogP contribution in [0, 0.1) is 0 Å². The molecule has 0 fully saturated rings. The van der Waals surface area contributed by atoms with Crippen LogP contribution in [0.15, 0.2) is 24.3 Å². The molecule has 0 unspecified atom stereocenters. The number of nitrogens with one attached hydrogen (secondary N) is 2. The Hall–Kier alpha value is -2.04. The highest BCUT2D eigenvalue weighted by atomic mass is 16.2. The van der Waals surface area contributed by atoms with Crippen LogP contribution in [0.2, 0.25) is 0 Å². The molecule has 0 spiro atoms. The van der Waals surface area contributed by atoms with Crippen molar-refractivity contribution in [2.24, 2.45) is 0 Å². The second-order valence-electron chi connectivity index (χ2n) is 4.58. The monoisotopic (exact) mass is 263 g/mol. The molecule has 0 saturated heterocycles. The first kappa shape index (κ1) is 15.0. The topological polar surface area (TPSA) is 61.4 Å². The molecule has 2 amide bonds. The summed E-state index contributed by atoms with van der Waals surface area (Å²) in [6.45, 7) is 2.23. The van der Waals surface area contributed by atoms with Gasteiger partial charge >= 0.3 is 0 Å². The molecule has 1 rings (SSSR count). The maximum absolute atomic E-state index is 11.4. The van der Waals surface area contributed by atoms with Crippen LogP contribution in [-0.4, -0.2) is 37.4 Å². The van der Waals surface area contributed by atoms with Gasteiger partial charge in [0.15, 0.2) is 0 Å². The number of nitrogens with zero attached hydrogens (tertiary/aromatic N) is 1. The lowest BCUT2D eigenvalue weighted by Crippen LogP contribution is -2.22. The molecular formula is C14H21N3O2. The Morgan fingerprint density at radius 3 is 2.21 bits per heavy atom. The fourth-order valence-corrected chi connectivity index (χ4v) is 1.57. The summed E-state index contributed by atoms with van der Waals surface area (Å²) in [7, 11) is 3.52. The maximum Gasteiger partial charge on any atom is 0.222 e. The zero-order chi connectivity index (χ0) is 14.3. The molecule has 1 aromatic rings. The molecule has 0 aliphatic carbocycles. The van der Waals surface area contributed by atoms with Crippen molar-refractivity contribution in [3.63, 3.8) is 0 Å². The summed E-state index contributed by atoms with van der Waals surface area (Å²) in [5.74, 6) is 0.0608.